The quantitative estimate of drug-likeness (QED) is 0.472. The van der Waals surface area contributed by atoms with E-state index in [2.05, 4.69) is 13.8 Å². The molecule has 3 rings (SSSR count). The Morgan fingerprint density at radius 1 is 0.880 bits per heavy atom. The van der Waals surface area contributed by atoms with Crippen LogP contribution < -0.4 is 4.74 Å². The Balaban J connectivity index is 1.44. The van der Waals surface area contributed by atoms with Gasteiger partial charge in [0.1, 0.15) is 5.75 Å². The van der Waals surface area contributed by atoms with Crippen LogP contribution in [0.4, 0.5) is 0 Å². The molecule has 25 heavy (non-hydrogen) atoms. The van der Waals surface area contributed by atoms with Gasteiger partial charge in [-0.15, -0.1) is 0 Å². The van der Waals surface area contributed by atoms with Crippen LogP contribution in [-0.2, 0) is 11.2 Å². The summed E-state index contributed by atoms with van der Waals surface area (Å²) in [5.41, 5.74) is 1.28. The summed E-state index contributed by atoms with van der Waals surface area (Å²) >= 11 is 0. The van der Waals surface area contributed by atoms with Crippen molar-refractivity contribution in [1.82, 2.24) is 0 Å². The van der Waals surface area contributed by atoms with Gasteiger partial charge in [0.25, 0.3) is 0 Å². The molecule has 0 aliphatic heterocycles. The number of esters is 1. The maximum absolute atomic E-state index is 12.5. The van der Waals surface area contributed by atoms with E-state index in [0.717, 1.165) is 37.0 Å². The van der Waals surface area contributed by atoms with Crippen molar-refractivity contribution in [1.29, 1.82) is 0 Å². The van der Waals surface area contributed by atoms with Gasteiger partial charge in [-0.3, -0.25) is 4.79 Å². The van der Waals surface area contributed by atoms with Crippen LogP contribution in [0, 0.1) is 23.7 Å². The van der Waals surface area contributed by atoms with E-state index >= 15 is 0 Å². The molecule has 0 heterocycles. The van der Waals surface area contributed by atoms with Gasteiger partial charge in [0.15, 0.2) is 0 Å². The van der Waals surface area contributed by atoms with Gasteiger partial charge in [-0.25, -0.2) is 0 Å². The molecule has 0 bridgehead atoms. The van der Waals surface area contributed by atoms with Crippen LogP contribution >= 0.6 is 0 Å². The van der Waals surface area contributed by atoms with Crippen LogP contribution in [0.2, 0.25) is 0 Å². The first-order valence-electron chi connectivity index (χ1n) is 10.5. The van der Waals surface area contributed by atoms with E-state index in [4.69, 9.17) is 4.74 Å². The third kappa shape index (κ3) is 4.86. The Kier molecular flexibility index (Phi) is 6.56. The minimum Gasteiger partial charge on any atom is -0.426 e. The second-order valence-corrected chi connectivity index (χ2v) is 8.22. The van der Waals surface area contributed by atoms with E-state index in [1.165, 1.54) is 50.5 Å². The summed E-state index contributed by atoms with van der Waals surface area (Å²) in [6.07, 6.45) is 12.5. The van der Waals surface area contributed by atoms with E-state index in [-0.39, 0.29) is 11.9 Å². The molecule has 0 saturated heterocycles. The maximum atomic E-state index is 12.5. The lowest BCUT2D eigenvalue weighted by Crippen LogP contribution is -2.30. The van der Waals surface area contributed by atoms with Gasteiger partial charge in [-0.1, -0.05) is 45.2 Å². The van der Waals surface area contributed by atoms with Gasteiger partial charge in [0, 0.05) is 0 Å². The van der Waals surface area contributed by atoms with Crippen molar-refractivity contribution >= 4 is 5.97 Å². The van der Waals surface area contributed by atoms with Crippen molar-refractivity contribution in [2.45, 2.75) is 78.1 Å². The van der Waals surface area contributed by atoms with Gasteiger partial charge in [0.05, 0.1) is 5.92 Å². The highest BCUT2D eigenvalue weighted by molar-refractivity contribution is 5.75. The van der Waals surface area contributed by atoms with Crippen molar-refractivity contribution in [3.8, 4) is 5.75 Å². The molecular weight excluding hydrogens is 308 g/mol. The molecular formula is C23H34O2. The fourth-order valence-corrected chi connectivity index (χ4v) is 4.89. The zero-order valence-electron chi connectivity index (χ0n) is 16.0. The first-order valence-corrected chi connectivity index (χ1v) is 10.5. The zero-order chi connectivity index (χ0) is 17.6. The topological polar surface area (TPSA) is 26.3 Å². The van der Waals surface area contributed by atoms with E-state index < -0.39 is 0 Å². The number of hydrogen-bond donors (Lipinski definition) is 0. The Bertz CT molecular complexity index is 532. The predicted octanol–water partition coefficient (Wildman–Crippen LogP) is 6.18. The largest absolute Gasteiger partial charge is 0.426 e. The summed E-state index contributed by atoms with van der Waals surface area (Å²) in [7, 11) is 0. The number of rotatable bonds is 5. The van der Waals surface area contributed by atoms with E-state index in [9.17, 15) is 4.79 Å². The van der Waals surface area contributed by atoms with Crippen LogP contribution in [0.25, 0.3) is 0 Å². The average Bonchev–Trinajstić information content (AvgIpc) is 2.69. The molecule has 2 heteroatoms. The van der Waals surface area contributed by atoms with Crippen molar-refractivity contribution in [3.05, 3.63) is 29.8 Å². The van der Waals surface area contributed by atoms with Gasteiger partial charge in [-0.05, 0) is 80.4 Å². The lowest BCUT2D eigenvalue weighted by atomic mass is 9.69. The fourth-order valence-electron chi connectivity index (χ4n) is 4.89. The second kappa shape index (κ2) is 8.87. The summed E-state index contributed by atoms with van der Waals surface area (Å²) in [5.74, 6) is 3.53. The van der Waals surface area contributed by atoms with E-state index in [1.54, 1.807) is 0 Å². The molecule has 0 aromatic heterocycles. The minimum absolute atomic E-state index is 0.0163. The number of hydrogen-bond acceptors (Lipinski definition) is 2. The summed E-state index contributed by atoms with van der Waals surface area (Å²) in [5, 5.41) is 0. The SMILES string of the molecule is CCc1ccc(OC(=O)C2CCC(C3CCC(CC)CC3)CC2)cc1. The molecule has 0 amide bonds. The third-order valence-corrected chi connectivity index (χ3v) is 6.79. The molecule has 0 spiro atoms. The minimum atomic E-state index is -0.0163. The molecule has 1 aromatic rings. The predicted molar refractivity (Wildman–Crippen MR) is 103 cm³/mol. The normalized spacial score (nSPS) is 30.0. The van der Waals surface area contributed by atoms with E-state index in [0.29, 0.717) is 5.75 Å². The Morgan fingerprint density at radius 3 is 1.96 bits per heavy atom. The summed E-state index contributed by atoms with van der Waals surface area (Å²) in [6.45, 7) is 4.46. The summed E-state index contributed by atoms with van der Waals surface area (Å²) in [6, 6.07) is 7.95. The molecule has 1 aromatic carbocycles. The highest BCUT2D eigenvalue weighted by atomic mass is 16.5. The highest BCUT2D eigenvalue weighted by Gasteiger charge is 2.33. The monoisotopic (exact) mass is 342 g/mol. The van der Waals surface area contributed by atoms with Crippen molar-refractivity contribution < 1.29 is 9.53 Å². The third-order valence-electron chi connectivity index (χ3n) is 6.79. The lowest BCUT2D eigenvalue weighted by molar-refractivity contribution is -0.140. The maximum Gasteiger partial charge on any atom is 0.314 e. The number of carbonyl (C=O) groups is 1. The number of aryl methyl sites for hydroxylation is 1. The molecule has 0 N–H and O–H groups in total. The first-order chi connectivity index (χ1) is 12.2. The molecule has 2 fully saturated rings. The fraction of sp³-hybridized carbons (Fsp3) is 0.696. The van der Waals surface area contributed by atoms with Crippen LogP contribution in [-0.4, -0.2) is 5.97 Å². The van der Waals surface area contributed by atoms with Gasteiger partial charge >= 0.3 is 5.97 Å². The molecule has 0 radical (unpaired) electrons. The van der Waals surface area contributed by atoms with Crippen LogP contribution in [0.5, 0.6) is 5.75 Å². The molecule has 0 atom stereocenters. The Morgan fingerprint density at radius 2 is 1.44 bits per heavy atom. The van der Waals surface area contributed by atoms with Crippen molar-refractivity contribution in [2.24, 2.45) is 23.7 Å². The molecule has 2 aliphatic carbocycles. The van der Waals surface area contributed by atoms with Crippen LogP contribution in [0.15, 0.2) is 24.3 Å². The van der Waals surface area contributed by atoms with Gasteiger partial charge in [0.2, 0.25) is 0 Å². The van der Waals surface area contributed by atoms with Crippen LogP contribution in [0.1, 0.15) is 77.2 Å². The Hall–Kier alpha value is -1.31. The van der Waals surface area contributed by atoms with Gasteiger partial charge < -0.3 is 4.74 Å². The van der Waals surface area contributed by atoms with Crippen molar-refractivity contribution in [2.75, 3.05) is 0 Å². The molecule has 2 saturated carbocycles. The molecule has 2 nitrogen and oxygen atoms in total. The number of ether oxygens (including phenoxy) is 1. The van der Waals surface area contributed by atoms with Crippen molar-refractivity contribution in [3.63, 3.8) is 0 Å². The first kappa shape index (κ1) is 18.5. The lowest BCUT2D eigenvalue weighted by Gasteiger charge is -2.37. The second-order valence-electron chi connectivity index (χ2n) is 8.22. The standard InChI is InChI=1S/C23H34O2/c1-3-17-5-9-19(10-6-17)20-11-13-21(14-12-20)23(24)25-22-15-7-18(4-2)8-16-22/h7-8,15-17,19-21H,3-6,9-14H2,1-2H3. The average molecular weight is 343 g/mol. The zero-order valence-corrected chi connectivity index (χ0v) is 16.0. The van der Waals surface area contributed by atoms with Gasteiger partial charge in [-0.2, -0.15) is 0 Å². The molecule has 2 aliphatic rings. The Labute approximate surface area is 153 Å². The summed E-state index contributed by atoms with van der Waals surface area (Å²) < 4.78 is 5.62. The molecule has 0 unspecified atom stereocenters. The van der Waals surface area contributed by atoms with E-state index in [1.807, 2.05) is 24.3 Å². The number of carbonyl (C=O) groups excluding carboxylic acids is 1. The smallest absolute Gasteiger partial charge is 0.314 e. The highest BCUT2D eigenvalue weighted by Crippen LogP contribution is 2.42. The van der Waals surface area contributed by atoms with Crippen LogP contribution in [0.3, 0.4) is 0 Å². The summed E-state index contributed by atoms with van der Waals surface area (Å²) in [4.78, 5) is 12.5. The number of benzene rings is 1. The molecule has 138 valence electrons.